The zero-order valence-corrected chi connectivity index (χ0v) is 10.1. The van der Waals surface area contributed by atoms with Crippen molar-refractivity contribution in [1.29, 1.82) is 0 Å². The number of carbonyl (C=O) groups excluding carboxylic acids is 1. The largest absolute Gasteiger partial charge is 0.409 e. The van der Waals surface area contributed by atoms with Gasteiger partial charge in [0.05, 0.1) is 12.5 Å². The molecule has 0 aliphatic heterocycles. The van der Waals surface area contributed by atoms with E-state index in [1.807, 2.05) is 25.1 Å². The molecule has 1 aromatic rings. The lowest BCUT2D eigenvalue weighted by atomic mass is 10.1. The molecule has 6 heteroatoms. The Balaban J connectivity index is 2.64. The Kier molecular flexibility index (Phi) is 4.78. The molecule has 0 radical (unpaired) electrons. The van der Waals surface area contributed by atoms with Gasteiger partial charge in [-0.15, -0.1) is 0 Å². The average Bonchev–Trinajstić information content (AvgIpc) is 2.29. The van der Waals surface area contributed by atoms with Crippen LogP contribution in [-0.2, 0) is 4.79 Å². The molecular formula is C11H14ClN3O2. The van der Waals surface area contributed by atoms with Crippen LogP contribution in [0.4, 0.5) is 0 Å². The highest BCUT2D eigenvalue weighted by Crippen LogP contribution is 2.21. The maximum Gasteiger partial charge on any atom is 0.228 e. The Morgan fingerprint density at radius 1 is 1.59 bits per heavy atom. The molecule has 0 aliphatic carbocycles. The van der Waals surface area contributed by atoms with Gasteiger partial charge in [-0.2, -0.15) is 0 Å². The van der Waals surface area contributed by atoms with Gasteiger partial charge in [0, 0.05) is 5.02 Å². The maximum atomic E-state index is 11.5. The van der Waals surface area contributed by atoms with E-state index in [1.54, 1.807) is 6.07 Å². The SMILES string of the molecule is CC(NC(=O)CC(N)=NO)c1ccccc1Cl. The first-order valence-electron chi connectivity index (χ1n) is 5.04. The summed E-state index contributed by atoms with van der Waals surface area (Å²) < 4.78 is 0. The standard InChI is InChI=1S/C11H14ClN3O2/c1-7(8-4-2-3-5-9(8)12)14-11(16)6-10(13)15-17/h2-5,7,17H,6H2,1H3,(H2,13,15)(H,14,16). The van der Waals surface area contributed by atoms with E-state index >= 15 is 0 Å². The summed E-state index contributed by atoms with van der Waals surface area (Å²) >= 11 is 6.00. The van der Waals surface area contributed by atoms with Gasteiger partial charge in [0.25, 0.3) is 0 Å². The molecule has 5 nitrogen and oxygen atoms in total. The first-order chi connectivity index (χ1) is 8.04. The summed E-state index contributed by atoms with van der Waals surface area (Å²) in [7, 11) is 0. The molecule has 0 bridgehead atoms. The molecule has 0 heterocycles. The maximum absolute atomic E-state index is 11.5. The number of halogens is 1. The molecule has 0 fully saturated rings. The number of nitrogens with zero attached hydrogens (tertiary/aromatic N) is 1. The lowest BCUT2D eigenvalue weighted by Crippen LogP contribution is -2.30. The number of carbonyl (C=O) groups is 1. The molecule has 1 rings (SSSR count). The number of nitrogens with one attached hydrogen (secondary N) is 1. The Hall–Kier alpha value is -1.75. The summed E-state index contributed by atoms with van der Waals surface area (Å²) in [6.45, 7) is 1.81. The van der Waals surface area contributed by atoms with Crippen molar-refractivity contribution in [3.8, 4) is 0 Å². The summed E-state index contributed by atoms with van der Waals surface area (Å²) in [4.78, 5) is 11.5. The Labute approximate surface area is 104 Å². The van der Waals surface area contributed by atoms with Crippen LogP contribution in [0.1, 0.15) is 24.9 Å². The zero-order valence-electron chi connectivity index (χ0n) is 9.35. The lowest BCUT2D eigenvalue weighted by Gasteiger charge is -2.15. The number of amides is 1. The predicted octanol–water partition coefficient (Wildman–Crippen LogP) is 1.65. The summed E-state index contributed by atoms with van der Waals surface area (Å²) in [5, 5.41) is 14.4. The van der Waals surface area contributed by atoms with Gasteiger partial charge in [0.2, 0.25) is 5.91 Å². The van der Waals surface area contributed by atoms with Crippen LogP contribution in [0.3, 0.4) is 0 Å². The fourth-order valence-electron chi connectivity index (χ4n) is 1.40. The molecule has 0 saturated carbocycles. The van der Waals surface area contributed by atoms with Crippen LogP contribution in [0, 0.1) is 0 Å². The van der Waals surface area contributed by atoms with Crippen molar-refractivity contribution in [2.45, 2.75) is 19.4 Å². The van der Waals surface area contributed by atoms with Crippen molar-refractivity contribution in [2.24, 2.45) is 10.9 Å². The number of benzene rings is 1. The number of nitrogens with two attached hydrogens (primary N) is 1. The zero-order chi connectivity index (χ0) is 12.8. The van der Waals surface area contributed by atoms with Gasteiger partial charge in [-0.1, -0.05) is 35.0 Å². The molecular weight excluding hydrogens is 242 g/mol. The van der Waals surface area contributed by atoms with Crippen molar-refractivity contribution < 1.29 is 10.0 Å². The number of amidine groups is 1. The fourth-order valence-corrected chi connectivity index (χ4v) is 1.70. The Morgan fingerprint density at radius 2 is 2.24 bits per heavy atom. The van der Waals surface area contributed by atoms with Crippen LogP contribution in [-0.4, -0.2) is 17.0 Å². The van der Waals surface area contributed by atoms with Crippen LogP contribution in [0.5, 0.6) is 0 Å². The van der Waals surface area contributed by atoms with E-state index in [2.05, 4.69) is 10.5 Å². The van der Waals surface area contributed by atoms with Crippen LogP contribution in [0.25, 0.3) is 0 Å². The molecule has 0 aliphatic rings. The lowest BCUT2D eigenvalue weighted by molar-refractivity contribution is -0.120. The topological polar surface area (TPSA) is 87.7 Å². The van der Waals surface area contributed by atoms with E-state index in [-0.39, 0.29) is 24.2 Å². The molecule has 0 spiro atoms. The highest BCUT2D eigenvalue weighted by atomic mass is 35.5. The van der Waals surface area contributed by atoms with E-state index < -0.39 is 0 Å². The third-order valence-corrected chi connectivity index (χ3v) is 2.56. The van der Waals surface area contributed by atoms with E-state index in [0.717, 1.165) is 5.56 Å². The number of hydrogen-bond donors (Lipinski definition) is 3. The van der Waals surface area contributed by atoms with Crippen molar-refractivity contribution in [3.05, 3.63) is 34.9 Å². The number of rotatable bonds is 4. The first kappa shape index (κ1) is 13.3. The number of hydrogen-bond acceptors (Lipinski definition) is 3. The molecule has 0 aromatic heterocycles. The van der Waals surface area contributed by atoms with E-state index in [0.29, 0.717) is 5.02 Å². The quantitative estimate of drug-likeness (QED) is 0.331. The summed E-state index contributed by atoms with van der Waals surface area (Å²) in [6, 6.07) is 7.01. The second kappa shape index (κ2) is 6.10. The molecule has 1 unspecified atom stereocenters. The Bertz CT molecular complexity index is 434. The Morgan fingerprint density at radius 3 is 2.82 bits per heavy atom. The third-order valence-electron chi connectivity index (χ3n) is 2.22. The van der Waals surface area contributed by atoms with Gasteiger partial charge >= 0.3 is 0 Å². The van der Waals surface area contributed by atoms with Crippen LogP contribution >= 0.6 is 11.6 Å². The first-order valence-corrected chi connectivity index (χ1v) is 5.42. The van der Waals surface area contributed by atoms with Gasteiger partial charge in [-0.25, -0.2) is 0 Å². The minimum atomic E-state index is -0.326. The van der Waals surface area contributed by atoms with Gasteiger partial charge in [-0.3, -0.25) is 4.79 Å². The van der Waals surface area contributed by atoms with Crippen molar-refractivity contribution in [1.82, 2.24) is 5.32 Å². The summed E-state index contributed by atoms with van der Waals surface area (Å²) in [6.07, 6.45) is -0.148. The average molecular weight is 256 g/mol. The molecule has 1 amide bonds. The second-order valence-corrected chi connectivity index (χ2v) is 3.99. The second-order valence-electron chi connectivity index (χ2n) is 3.58. The molecule has 1 atom stereocenters. The molecule has 17 heavy (non-hydrogen) atoms. The van der Waals surface area contributed by atoms with Crippen molar-refractivity contribution >= 4 is 23.3 Å². The van der Waals surface area contributed by atoms with E-state index in [1.165, 1.54) is 0 Å². The molecule has 4 N–H and O–H groups in total. The van der Waals surface area contributed by atoms with Crippen LogP contribution in [0.15, 0.2) is 29.4 Å². The molecule has 92 valence electrons. The van der Waals surface area contributed by atoms with Gasteiger partial charge < -0.3 is 16.3 Å². The van der Waals surface area contributed by atoms with Gasteiger partial charge in [0.15, 0.2) is 0 Å². The number of oxime groups is 1. The van der Waals surface area contributed by atoms with Crippen LogP contribution < -0.4 is 11.1 Å². The summed E-state index contributed by atoms with van der Waals surface area (Å²) in [5.41, 5.74) is 6.05. The smallest absolute Gasteiger partial charge is 0.228 e. The highest BCUT2D eigenvalue weighted by molar-refractivity contribution is 6.31. The van der Waals surface area contributed by atoms with E-state index in [4.69, 9.17) is 22.5 Å². The minimum absolute atomic E-state index is 0.131. The third kappa shape index (κ3) is 3.96. The summed E-state index contributed by atoms with van der Waals surface area (Å²) in [5.74, 6) is -0.457. The van der Waals surface area contributed by atoms with Crippen molar-refractivity contribution in [3.63, 3.8) is 0 Å². The minimum Gasteiger partial charge on any atom is -0.409 e. The normalized spacial score (nSPS) is 13.2. The monoisotopic (exact) mass is 255 g/mol. The van der Waals surface area contributed by atoms with Crippen molar-refractivity contribution in [2.75, 3.05) is 0 Å². The van der Waals surface area contributed by atoms with Crippen LogP contribution in [0.2, 0.25) is 5.02 Å². The molecule has 0 saturated heterocycles. The highest BCUT2D eigenvalue weighted by Gasteiger charge is 2.13. The van der Waals surface area contributed by atoms with E-state index in [9.17, 15) is 4.79 Å². The fraction of sp³-hybridized carbons (Fsp3) is 0.273. The van der Waals surface area contributed by atoms with Gasteiger partial charge in [-0.05, 0) is 18.6 Å². The predicted molar refractivity (Wildman–Crippen MR) is 66.0 cm³/mol. The van der Waals surface area contributed by atoms with Gasteiger partial charge in [0.1, 0.15) is 5.84 Å². The molecule has 1 aromatic carbocycles.